The third kappa shape index (κ3) is 3.33. The lowest BCUT2D eigenvalue weighted by Crippen LogP contribution is -2.56. The fourth-order valence-corrected chi connectivity index (χ4v) is 3.95. The molecule has 1 aromatic heterocycles. The molecule has 0 radical (unpaired) electrons. The van der Waals surface area contributed by atoms with E-state index in [1.165, 1.54) is 0 Å². The molecule has 0 aromatic carbocycles. The highest BCUT2D eigenvalue weighted by molar-refractivity contribution is 7.99. The average molecular weight is 358 g/mol. The molecule has 0 amide bonds. The first kappa shape index (κ1) is 16.6. The van der Waals surface area contributed by atoms with E-state index in [1.807, 2.05) is 4.90 Å². The minimum Gasteiger partial charge on any atom is -0.625 e. The number of piperazine rings is 1. The summed E-state index contributed by atoms with van der Waals surface area (Å²) in [5.74, 6) is 2.25. The minimum atomic E-state index is -0.635. The molecule has 1 aromatic rings. The van der Waals surface area contributed by atoms with Crippen LogP contribution in [0.25, 0.3) is 0 Å². The van der Waals surface area contributed by atoms with Crippen molar-refractivity contribution in [2.24, 2.45) is 0 Å². The van der Waals surface area contributed by atoms with Crippen LogP contribution in [-0.4, -0.2) is 65.7 Å². The molecule has 2 aliphatic heterocycles. The Labute approximate surface area is 142 Å². The van der Waals surface area contributed by atoms with Gasteiger partial charge in [-0.1, -0.05) is 12.2 Å². The molecule has 11 heteroatoms. The summed E-state index contributed by atoms with van der Waals surface area (Å²) in [6.07, 6.45) is 0. The van der Waals surface area contributed by atoms with Gasteiger partial charge in [0.15, 0.2) is 5.82 Å². The molecule has 2 N–H and O–H groups in total. The topological polar surface area (TPSA) is 110 Å². The number of aromatic nitrogens is 2. The molecule has 0 aliphatic carbocycles. The van der Waals surface area contributed by atoms with E-state index >= 15 is 0 Å². The second-order valence-electron chi connectivity index (χ2n) is 5.51. The number of hydroxylamine groups is 2. The molecule has 126 valence electrons. The minimum absolute atomic E-state index is 0.121. The molecule has 2 fully saturated rings. The Bertz CT molecular complexity index is 655. The molecular weight excluding hydrogens is 340 g/mol. The normalized spacial score (nSPS) is 21.2. The highest BCUT2D eigenvalue weighted by atomic mass is 32.2. The molecule has 0 bridgehead atoms. The second-order valence-corrected chi connectivity index (χ2v) is 7.12. The van der Waals surface area contributed by atoms with Crippen molar-refractivity contribution >= 4 is 41.4 Å². The fraction of sp³-hybridized carbons (Fsp3) is 0.667. The van der Waals surface area contributed by atoms with Crippen LogP contribution in [0.4, 0.5) is 17.5 Å². The number of nitro groups is 1. The number of anilines is 1. The number of aromatic amines is 1. The van der Waals surface area contributed by atoms with Crippen molar-refractivity contribution in [1.29, 1.82) is 0 Å². The Kier molecular flexibility index (Phi) is 4.82. The van der Waals surface area contributed by atoms with Crippen LogP contribution in [0.2, 0.25) is 0 Å². The number of hydrogen-bond donors (Lipinski definition) is 2. The first-order valence-corrected chi connectivity index (χ1v) is 8.98. The van der Waals surface area contributed by atoms with Crippen molar-refractivity contribution in [3.63, 3.8) is 0 Å². The van der Waals surface area contributed by atoms with Crippen LogP contribution >= 0.6 is 24.0 Å². The van der Waals surface area contributed by atoms with Gasteiger partial charge in [0, 0.05) is 37.7 Å². The molecule has 2 aliphatic rings. The van der Waals surface area contributed by atoms with E-state index in [1.54, 1.807) is 11.8 Å². The summed E-state index contributed by atoms with van der Waals surface area (Å²) in [6, 6.07) is 0. The summed E-state index contributed by atoms with van der Waals surface area (Å²) in [6.45, 7) is 3.18. The molecule has 9 nitrogen and oxygen atoms in total. The predicted molar refractivity (Wildman–Crippen MR) is 93.4 cm³/mol. The quantitative estimate of drug-likeness (QED) is 0.271. The molecular formula is C12H18N6O3S2. The van der Waals surface area contributed by atoms with Gasteiger partial charge in [0.1, 0.15) is 0 Å². The van der Waals surface area contributed by atoms with Gasteiger partial charge in [-0.25, -0.2) is 0 Å². The van der Waals surface area contributed by atoms with E-state index in [0.717, 1.165) is 11.5 Å². The largest absolute Gasteiger partial charge is 0.625 e. The zero-order chi connectivity index (χ0) is 16.4. The maximum absolute atomic E-state index is 13.0. The van der Waals surface area contributed by atoms with Gasteiger partial charge in [-0.05, 0) is 0 Å². The fourth-order valence-electron chi connectivity index (χ4n) is 2.78. The Hall–Kier alpha value is -1.27. The van der Waals surface area contributed by atoms with E-state index in [2.05, 4.69) is 15.3 Å². The SMILES string of the molecule is O=[N+]([O-])c1c(N2CCSCC2)[nH]c([N+]2([O-])CCNCC2)nc1=S. The molecule has 0 unspecified atom stereocenters. The van der Waals surface area contributed by atoms with Crippen LogP contribution in [0.1, 0.15) is 0 Å². The van der Waals surface area contributed by atoms with E-state index in [9.17, 15) is 15.3 Å². The third-order valence-corrected chi connectivity index (χ3v) is 5.29. The highest BCUT2D eigenvalue weighted by Gasteiger charge is 2.32. The number of hydrogen-bond acceptors (Lipinski definition) is 8. The molecule has 0 saturated carbocycles. The van der Waals surface area contributed by atoms with Crippen LogP contribution in [0.3, 0.4) is 0 Å². The first-order chi connectivity index (χ1) is 11.0. The maximum atomic E-state index is 13.0. The maximum Gasteiger partial charge on any atom is 0.346 e. The number of nitrogens with one attached hydrogen (secondary N) is 2. The summed E-state index contributed by atoms with van der Waals surface area (Å²) >= 11 is 6.92. The van der Waals surface area contributed by atoms with Gasteiger partial charge in [0.25, 0.3) is 0 Å². The van der Waals surface area contributed by atoms with Crippen molar-refractivity contribution in [3.8, 4) is 0 Å². The van der Waals surface area contributed by atoms with Crippen LogP contribution < -0.4 is 14.9 Å². The highest BCUT2D eigenvalue weighted by Crippen LogP contribution is 2.32. The number of nitrogens with zero attached hydrogens (tertiary/aromatic N) is 4. The zero-order valence-electron chi connectivity index (χ0n) is 12.5. The lowest BCUT2D eigenvalue weighted by Gasteiger charge is -2.43. The Morgan fingerprint density at radius 1 is 1.30 bits per heavy atom. The molecule has 0 atom stereocenters. The van der Waals surface area contributed by atoms with Gasteiger partial charge in [-0.15, -0.1) is 0 Å². The molecule has 0 spiro atoms. The predicted octanol–water partition coefficient (Wildman–Crippen LogP) is 1.01. The van der Waals surface area contributed by atoms with Crippen molar-refractivity contribution in [2.75, 3.05) is 55.7 Å². The Balaban J connectivity index is 2.07. The van der Waals surface area contributed by atoms with Gasteiger partial charge in [-0.2, -0.15) is 16.7 Å². The standard InChI is InChI=1S/C12H18N6O3S2/c19-17(20)9-10(16-3-7-23-8-4-16)14-12(15-11(9)22)18(21)5-1-13-2-6-18/h13H,1-8H2,(H,14,15,22). The van der Waals surface area contributed by atoms with Gasteiger partial charge in [-0.3, -0.25) is 19.7 Å². The average Bonchev–Trinajstić information content (AvgIpc) is 2.55. The summed E-state index contributed by atoms with van der Waals surface area (Å²) in [5.41, 5.74) is -0.211. The smallest absolute Gasteiger partial charge is 0.346 e. The zero-order valence-corrected chi connectivity index (χ0v) is 14.1. The molecule has 23 heavy (non-hydrogen) atoms. The Morgan fingerprint density at radius 3 is 2.57 bits per heavy atom. The molecule has 3 rings (SSSR count). The molecule has 3 heterocycles. The second kappa shape index (κ2) is 6.69. The first-order valence-electron chi connectivity index (χ1n) is 7.42. The summed E-state index contributed by atoms with van der Waals surface area (Å²) in [4.78, 5) is 19.8. The van der Waals surface area contributed by atoms with E-state index < -0.39 is 9.57 Å². The monoisotopic (exact) mass is 358 g/mol. The number of rotatable bonds is 3. The van der Waals surface area contributed by atoms with Gasteiger partial charge < -0.3 is 15.4 Å². The van der Waals surface area contributed by atoms with Crippen LogP contribution in [0, 0.1) is 20.0 Å². The van der Waals surface area contributed by atoms with Crippen molar-refractivity contribution in [1.82, 2.24) is 19.9 Å². The third-order valence-electron chi connectivity index (χ3n) is 4.06. The van der Waals surface area contributed by atoms with Gasteiger partial charge in [0.05, 0.1) is 18.0 Å². The van der Waals surface area contributed by atoms with Crippen molar-refractivity contribution in [3.05, 3.63) is 20.0 Å². The van der Waals surface area contributed by atoms with E-state index in [4.69, 9.17) is 12.2 Å². The van der Waals surface area contributed by atoms with Gasteiger partial charge in [0.2, 0.25) is 4.64 Å². The Morgan fingerprint density at radius 2 is 1.96 bits per heavy atom. The number of thioether (sulfide) groups is 1. The van der Waals surface area contributed by atoms with E-state index in [-0.39, 0.29) is 16.3 Å². The van der Waals surface area contributed by atoms with Crippen molar-refractivity contribution in [2.45, 2.75) is 0 Å². The van der Waals surface area contributed by atoms with Crippen LogP contribution in [0.5, 0.6) is 0 Å². The summed E-state index contributed by atoms with van der Waals surface area (Å²) in [7, 11) is 0. The lowest BCUT2D eigenvalue weighted by molar-refractivity contribution is -0.385. The van der Waals surface area contributed by atoms with E-state index in [0.29, 0.717) is 45.1 Å². The van der Waals surface area contributed by atoms with Crippen LogP contribution in [0.15, 0.2) is 0 Å². The summed E-state index contributed by atoms with van der Waals surface area (Å²) in [5, 5.41) is 27.5. The van der Waals surface area contributed by atoms with Gasteiger partial charge >= 0.3 is 11.6 Å². The lowest BCUT2D eigenvalue weighted by atomic mass is 10.3. The van der Waals surface area contributed by atoms with Crippen molar-refractivity contribution < 1.29 is 4.92 Å². The number of quaternary nitrogens is 1. The molecule has 2 saturated heterocycles. The number of H-pyrrole nitrogens is 1. The van der Waals surface area contributed by atoms with Crippen LogP contribution in [-0.2, 0) is 0 Å². The summed E-state index contributed by atoms with van der Waals surface area (Å²) < 4.78 is -0.756.